The number of nitrogens with zero attached hydrogens (tertiary/aromatic N) is 3. The Morgan fingerprint density at radius 1 is 1.32 bits per heavy atom. The van der Waals surface area contributed by atoms with Crippen molar-refractivity contribution in [2.24, 2.45) is 0 Å². The standard InChI is InChI=1S/C13H16N4O2/c1-2-17-9-15-16-12(17)8-14-7-10-3-5-11(6-4-10)13(18)19/h3-6,9,14H,2,7-8H2,1H3,(H,18,19). The number of hydrogen-bond acceptors (Lipinski definition) is 4. The summed E-state index contributed by atoms with van der Waals surface area (Å²) in [4.78, 5) is 10.7. The van der Waals surface area contributed by atoms with E-state index in [-0.39, 0.29) is 0 Å². The van der Waals surface area contributed by atoms with Crippen LogP contribution in [0.4, 0.5) is 0 Å². The quantitative estimate of drug-likeness (QED) is 0.818. The lowest BCUT2D eigenvalue weighted by atomic mass is 10.1. The van der Waals surface area contributed by atoms with Crippen molar-refractivity contribution in [1.29, 1.82) is 0 Å². The lowest BCUT2D eigenvalue weighted by molar-refractivity contribution is 0.0697. The average molecular weight is 260 g/mol. The first-order chi connectivity index (χ1) is 9.20. The van der Waals surface area contributed by atoms with Crippen LogP contribution in [0.5, 0.6) is 0 Å². The van der Waals surface area contributed by atoms with Gasteiger partial charge in [0.1, 0.15) is 12.2 Å². The zero-order valence-corrected chi connectivity index (χ0v) is 10.7. The average Bonchev–Trinajstić information content (AvgIpc) is 2.87. The maximum atomic E-state index is 10.7. The van der Waals surface area contributed by atoms with Gasteiger partial charge >= 0.3 is 5.97 Å². The molecule has 0 bridgehead atoms. The molecule has 0 fully saturated rings. The van der Waals surface area contributed by atoms with Crippen molar-refractivity contribution in [3.63, 3.8) is 0 Å². The molecule has 6 nitrogen and oxygen atoms in total. The summed E-state index contributed by atoms with van der Waals surface area (Å²) in [7, 11) is 0. The Hall–Kier alpha value is -2.21. The second-order valence-electron chi connectivity index (χ2n) is 4.14. The minimum absolute atomic E-state index is 0.300. The number of aryl methyl sites for hydroxylation is 1. The van der Waals surface area contributed by atoms with E-state index in [0.29, 0.717) is 18.7 Å². The van der Waals surface area contributed by atoms with Crippen molar-refractivity contribution in [2.45, 2.75) is 26.6 Å². The highest BCUT2D eigenvalue weighted by Gasteiger charge is 2.03. The van der Waals surface area contributed by atoms with E-state index in [2.05, 4.69) is 15.5 Å². The van der Waals surface area contributed by atoms with Crippen molar-refractivity contribution in [2.75, 3.05) is 0 Å². The largest absolute Gasteiger partial charge is 0.478 e. The summed E-state index contributed by atoms with van der Waals surface area (Å²) in [6.45, 7) is 4.18. The number of carboxylic acids is 1. The van der Waals surface area contributed by atoms with E-state index < -0.39 is 5.97 Å². The first kappa shape index (κ1) is 13.2. The summed E-state index contributed by atoms with van der Waals surface area (Å²) in [6.07, 6.45) is 1.71. The minimum atomic E-state index is -0.907. The van der Waals surface area contributed by atoms with Gasteiger partial charge in [-0.1, -0.05) is 12.1 Å². The van der Waals surface area contributed by atoms with Crippen LogP contribution in [0.3, 0.4) is 0 Å². The number of carboxylic acid groups (broad SMARTS) is 1. The summed E-state index contributed by atoms with van der Waals surface area (Å²) in [5.41, 5.74) is 1.34. The van der Waals surface area contributed by atoms with Crippen LogP contribution in [-0.4, -0.2) is 25.8 Å². The molecule has 2 rings (SSSR count). The number of aromatic nitrogens is 3. The molecule has 0 spiro atoms. The van der Waals surface area contributed by atoms with Crippen molar-refractivity contribution >= 4 is 5.97 Å². The third-order valence-electron chi connectivity index (χ3n) is 2.85. The van der Waals surface area contributed by atoms with Gasteiger partial charge in [-0.3, -0.25) is 0 Å². The number of benzene rings is 1. The van der Waals surface area contributed by atoms with Gasteiger partial charge in [0.25, 0.3) is 0 Å². The Balaban J connectivity index is 1.87. The lowest BCUT2D eigenvalue weighted by Gasteiger charge is -2.06. The molecule has 1 aromatic carbocycles. The maximum absolute atomic E-state index is 10.7. The van der Waals surface area contributed by atoms with E-state index in [4.69, 9.17) is 5.11 Å². The van der Waals surface area contributed by atoms with Crippen LogP contribution in [0.25, 0.3) is 0 Å². The monoisotopic (exact) mass is 260 g/mol. The van der Waals surface area contributed by atoms with Crippen LogP contribution in [0.15, 0.2) is 30.6 Å². The van der Waals surface area contributed by atoms with Gasteiger partial charge in [-0.05, 0) is 24.6 Å². The van der Waals surface area contributed by atoms with Gasteiger partial charge in [-0.15, -0.1) is 10.2 Å². The second kappa shape index (κ2) is 6.10. The van der Waals surface area contributed by atoms with Crippen LogP contribution >= 0.6 is 0 Å². The third-order valence-corrected chi connectivity index (χ3v) is 2.85. The summed E-state index contributed by atoms with van der Waals surface area (Å²) >= 11 is 0. The molecule has 19 heavy (non-hydrogen) atoms. The number of rotatable bonds is 6. The topological polar surface area (TPSA) is 80.0 Å². The minimum Gasteiger partial charge on any atom is -0.478 e. The smallest absolute Gasteiger partial charge is 0.335 e. The summed E-state index contributed by atoms with van der Waals surface area (Å²) < 4.78 is 1.97. The summed E-state index contributed by atoms with van der Waals surface area (Å²) in [5.74, 6) is -0.0137. The first-order valence-electron chi connectivity index (χ1n) is 6.10. The molecule has 6 heteroatoms. The molecule has 2 N–H and O–H groups in total. The lowest BCUT2D eigenvalue weighted by Crippen LogP contribution is -2.16. The first-order valence-corrected chi connectivity index (χ1v) is 6.10. The molecule has 2 aromatic rings. The van der Waals surface area contributed by atoms with Crippen molar-refractivity contribution in [1.82, 2.24) is 20.1 Å². The molecule has 0 saturated heterocycles. The van der Waals surface area contributed by atoms with Gasteiger partial charge in [-0.2, -0.15) is 0 Å². The number of hydrogen-bond donors (Lipinski definition) is 2. The number of aromatic carboxylic acids is 1. The van der Waals surface area contributed by atoms with Crippen molar-refractivity contribution < 1.29 is 9.90 Å². The molecule has 1 heterocycles. The van der Waals surface area contributed by atoms with E-state index in [1.807, 2.05) is 11.5 Å². The Kier molecular flexibility index (Phi) is 4.25. The molecule has 100 valence electrons. The van der Waals surface area contributed by atoms with Crippen LogP contribution in [0, 0.1) is 0 Å². The highest BCUT2D eigenvalue weighted by molar-refractivity contribution is 5.87. The number of nitrogens with one attached hydrogen (secondary N) is 1. The highest BCUT2D eigenvalue weighted by atomic mass is 16.4. The Morgan fingerprint density at radius 2 is 2.05 bits per heavy atom. The van der Waals surface area contributed by atoms with Crippen LogP contribution in [0.1, 0.15) is 28.7 Å². The fraction of sp³-hybridized carbons (Fsp3) is 0.308. The molecule has 0 aliphatic heterocycles. The fourth-order valence-electron chi connectivity index (χ4n) is 1.76. The van der Waals surface area contributed by atoms with Crippen LogP contribution in [-0.2, 0) is 19.6 Å². The van der Waals surface area contributed by atoms with E-state index in [1.165, 1.54) is 0 Å². The molecule has 0 aliphatic carbocycles. The normalized spacial score (nSPS) is 10.6. The van der Waals surface area contributed by atoms with Crippen LogP contribution < -0.4 is 5.32 Å². The van der Waals surface area contributed by atoms with Gasteiger partial charge in [0.2, 0.25) is 0 Å². The molecule has 0 atom stereocenters. The van der Waals surface area contributed by atoms with Crippen molar-refractivity contribution in [3.05, 3.63) is 47.5 Å². The zero-order chi connectivity index (χ0) is 13.7. The fourth-order valence-corrected chi connectivity index (χ4v) is 1.76. The van der Waals surface area contributed by atoms with Gasteiger partial charge in [-0.25, -0.2) is 4.79 Å². The SMILES string of the molecule is CCn1cnnc1CNCc1ccc(C(=O)O)cc1. The maximum Gasteiger partial charge on any atom is 0.335 e. The molecular formula is C13H16N4O2. The molecule has 0 saturated carbocycles. The van der Waals surface area contributed by atoms with Gasteiger partial charge < -0.3 is 15.0 Å². The van der Waals surface area contributed by atoms with Gasteiger partial charge in [0, 0.05) is 13.1 Å². The van der Waals surface area contributed by atoms with E-state index in [0.717, 1.165) is 17.9 Å². The molecule has 0 unspecified atom stereocenters. The van der Waals surface area contributed by atoms with E-state index in [9.17, 15) is 4.79 Å². The number of carbonyl (C=O) groups is 1. The summed E-state index contributed by atoms with van der Waals surface area (Å²) in [5, 5.41) is 19.9. The van der Waals surface area contributed by atoms with Crippen molar-refractivity contribution in [3.8, 4) is 0 Å². The van der Waals surface area contributed by atoms with E-state index >= 15 is 0 Å². The van der Waals surface area contributed by atoms with Crippen LogP contribution in [0.2, 0.25) is 0 Å². The third kappa shape index (κ3) is 3.38. The second-order valence-corrected chi connectivity index (χ2v) is 4.14. The molecule has 1 aromatic heterocycles. The van der Waals surface area contributed by atoms with Gasteiger partial charge in [0.05, 0.1) is 12.1 Å². The molecule has 0 amide bonds. The molecular weight excluding hydrogens is 244 g/mol. The predicted octanol–water partition coefficient (Wildman–Crippen LogP) is 1.29. The predicted molar refractivity (Wildman–Crippen MR) is 69.6 cm³/mol. The molecule has 0 radical (unpaired) electrons. The molecule has 0 aliphatic rings. The highest BCUT2D eigenvalue weighted by Crippen LogP contribution is 2.04. The van der Waals surface area contributed by atoms with E-state index in [1.54, 1.807) is 30.6 Å². The Labute approximate surface area is 111 Å². The Morgan fingerprint density at radius 3 is 2.68 bits per heavy atom. The van der Waals surface area contributed by atoms with Gasteiger partial charge in [0.15, 0.2) is 0 Å². The Bertz CT molecular complexity index is 548. The zero-order valence-electron chi connectivity index (χ0n) is 10.7. The summed E-state index contributed by atoms with van der Waals surface area (Å²) in [6, 6.07) is 6.82.